The van der Waals surface area contributed by atoms with Gasteiger partial charge in [-0.2, -0.15) is 5.10 Å². The first kappa shape index (κ1) is 13.2. The minimum Gasteiger partial charge on any atom is -0.294 e. The van der Waals surface area contributed by atoms with Crippen LogP contribution < -0.4 is 0 Å². The summed E-state index contributed by atoms with van der Waals surface area (Å²) in [5.41, 5.74) is 1.74. The van der Waals surface area contributed by atoms with Gasteiger partial charge in [0.1, 0.15) is 5.69 Å². The van der Waals surface area contributed by atoms with Crippen LogP contribution >= 0.6 is 0 Å². The number of nitrogens with one attached hydrogen (secondary N) is 1. The third-order valence-electron chi connectivity index (χ3n) is 3.30. The molecule has 0 amide bonds. The van der Waals surface area contributed by atoms with Crippen molar-refractivity contribution in [3.63, 3.8) is 0 Å². The highest BCUT2D eigenvalue weighted by molar-refractivity contribution is 6.07. The maximum absolute atomic E-state index is 12.2. The number of para-hydroxylation sites is 1. The molecule has 1 N–H and O–H groups in total. The van der Waals surface area contributed by atoms with Crippen molar-refractivity contribution in [3.05, 3.63) is 60.0 Å². The summed E-state index contributed by atoms with van der Waals surface area (Å²) in [5.74, 6) is -0.221. The van der Waals surface area contributed by atoms with Crippen LogP contribution in [0.1, 0.15) is 33.7 Å². The third-order valence-corrected chi connectivity index (χ3v) is 3.30. The average Bonchev–Trinajstić information content (AvgIpc) is 2.97. The molecule has 0 fully saturated rings. The number of carbonyl (C=O) groups excluding carboxylic acids is 2. The molecule has 5 nitrogen and oxygen atoms in total. The molecule has 5 heteroatoms. The third kappa shape index (κ3) is 2.72. The SMILES string of the molecule is O=C(CCC(=O)c1n[nH]c2ccccc12)c1cccnc1. The molecule has 0 unspecified atom stereocenters. The number of benzene rings is 1. The number of H-pyrrole nitrogens is 1. The predicted octanol–water partition coefficient (Wildman–Crippen LogP) is 2.80. The summed E-state index contributed by atoms with van der Waals surface area (Å²) in [6.45, 7) is 0. The number of rotatable bonds is 5. The quantitative estimate of drug-likeness (QED) is 0.729. The van der Waals surface area contributed by atoms with Gasteiger partial charge in [0.05, 0.1) is 5.52 Å². The first-order chi connectivity index (χ1) is 10.3. The number of ketones is 2. The summed E-state index contributed by atoms with van der Waals surface area (Å²) in [7, 11) is 0. The molecule has 2 heterocycles. The van der Waals surface area contributed by atoms with E-state index in [0.29, 0.717) is 11.3 Å². The van der Waals surface area contributed by atoms with Crippen LogP contribution in [0.25, 0.3) is 10.9 Å². The fraction of sp³-hybridized carbons (Fsp3) is 0.125. The number of aromatic amines is 1. The Kier molecular flexibility index (Phi) is 3.55. The fourth-order valence-corrected chi connectivity index (χ4v) is 2.19. The van der Waals surface area contributed by atoms with Crippen molar-refractivity contribution in [3.8, 4) is 0 Å². The van der Waals surface area contributed by atoms with Crippen LogP contribution in [0.5, 0.6) is 0 Å². The molecule has 0 saturated heterocycles. The van der Waals surface area contributed by atoms with E-state index in [-0.39, 0.29) is 24.4 Å². The van der Waals surface area contributed by atoms with Crippen LogP contribution in [0.15, 0.2) is 48.8 Å². The molecule has 0 saturated carbocycles. The van der Waals surface area contributed by atoms with Gasteiger partial charge in [-0.3, -0.25) is 19.7 Å². The highest BCUT2D eigenvalue weighted by atomic mass is 16.1. The Morgan fingerprint density at radius 3 is 2.62 bits per heavy atom. The molecule has 0 aliphatic heterocycles. The Labute approximate surface area is 121 Å². The summed E-state index contributed by atoms with van der Waals surface area (Å²) in [4.78, 5) is 28.1. The maximum atomic E-state index is 12.2. The number of hydrogen-bond donors (Lipinski definition) is 1. The van der Waals surface area contributed by atoms with E-state index in [2.05, 4.69) is 15.2 Å². The van der Waals surface area contributed by atoms with Crippen molar-refractivity contribution < 1.29 is 9.59 Å². The normalized spacial score (nSPS) is 10.7. The Morgan fingerprint density at radius 2 is 1.81 bits per heavy atom. The Hall–Kier alpha value is -2.82. The van der Waals surface area contributed by atoms with E-state index in [9.17, 15) is 9.59 Å². The van der Waals surface area contributed by atoms with Gasteiger partial charge in [-0.15, -0.1) is 0 Å². The number of fused-ring (bicyclic) bond motifs is 1. The van der Waals surface area contributed by atoms with E-state index in [4.69, 9.17) is 0 Å². The van der Waals surface area contributed by atoms with Gasteiger partial charge < -0.3 is 0 Å². The van der Waals surface area contributed by atoms with E-state index >= 15 is 0 Å². The van der Waals surface area contributed by atoms with E-state index in [1.165, 1.54) is 6.20 Å². The minimum absolute atomic E-state index is 0.0868. The molecule has 3 rings (SSSR count). The Balaban J connectivity index is 1.71. The van der Waals surface area contributed by atoms with Crippen molar-refractivity contribution in [2.75, 3.05) is 0 Å². The minimum atomic E-state index is -0.135. The smallest absolute Gasteiger partial charge is 0.184 e. The van der Waals surface area contributed by atoms with Gasteiger partial charge in [0.25, 0.3) is 0 Å². The van der Waals surface area contributed by atoms with Gasteiger partial charge in [-0.25, -0.2) is 0 Å². The van der Waals surface area contributed by atoms with Crippen LogP contribution in [0.3, 0.4) is 0 Å². The van der Waals surface area contributed by atoms with Crippen LogP contribution in [-0.2, 0) is 0 Å². The molecule has 21 heavy (non-hydrogen) atoms. The molecule has 0 bridgehead atoms. The van der Waals surface area contributed by atoms with E-state index in [1.807, 2.05) is 24.3 Å². The Bertz CT molecular complexity index is 793. The van der Waals surface area contributed by atoms with Crippen molar-refractivity contribution in [2.45, 2.75) is 12.8 Å². The molecular formula is C16H13N3O2. The van der Waals surface area contributed by atoms with Gasteiger partial charge in [0.2, 0.25) is 0 Å². The van der Waals surface area contributed by atoms with Crippen molar-refractivity contribution in [1.29, 1.82) is 0 Å². The number of pyridine rings is 1. The molecule has 0 atom stereocenters. The van der Waals surface area contributed by atoms with Gasteiger partial charge in [0, 0.05) is 36.2 Å². The molecule has 104 valence electrons. The van der Waals surface area contributed by atoms with Gasteiger partial charge >= 0.3 is 0 Å². The lowest BCUT2D eigenvalue weighted by molar-refractivity contribution is 0.0915. The molecular weight excluding hydrogens is 266 g/mol. The lowest BCUT2D eigenvalue weighted by Gasteiger charge is -1.99. The first-order valence-electron chi connectivity index (χ1n) is 6.65. The van der Waals surface area contributed by atoms with Crippen LogP contribution in [0, 0.1) is 0 Å². The predicted molar refractivity (Wildman–Crippen MR) is 78.2 cm³/mol. The Morgan fingerprint density at radius 1 is 1.00 bits per heavy atom. The zero-order valence-corrected chi connectivity index (χ0v) is 11.2. The second-order valence-corrected chi connectivity index (χ2v) is 4.71. The summed E-state index contributed by atoms with van der Waals surface area (Å²) in [5, 5.41) is 7.66. The number of nitrogens with zero attached hydrogens (tertiary/aromatic N) is 2. The summed E-state index contributed by atoms with van der Waals surface area (Å²) >= 11 is 0. The fourth-order valence-electron chi connectivity index (χ4n) is 2.19. The molecule has 0 spiro atoms. The second-order valence-electron chi connectivity index (χ2n) is 4.71. The lowest BCUT2D eigenvalue weighted by atomic mass is 10.0. The topological polar surface area (TPSA) is 75.7 Å². The molecule has 0 aliphatic rings. The molecule has 0 aliphatic carbocycles. The summed E-state index contributed by atoms with van der Waals surface area (Å²) in [6, 6.07) is 10.8. The first-order valence-corrected chi connectivity index (χ1v) is 6.65. The van der Waals surface area contributed by atoms with E-state index < -0.39 is 0 Å². The van der Waals surface area contributed by atoms with E-state index in [1.54, 1.807) is 18.3 Å². The van der Waals surface area contributed by atoms with Gasteiger partial charge in [-0.1, -0.05) is 18.2 Å². The molecule has 0 radical (unpaired) electrons. The van der Waals surface area contributed by atoms with E-state index in [0.717, 1.165) is 10.9 Å². The number of carbonyl (C=O) groups is 2. The summed E-state index contributed by atoms with van der Waals surface area (Å²) in [6.07, 6.45) is 3.42. The molecule has 1 aromatic carbocycles. The zero-order valence-electron chi connectivity index (χ0n) is 11.2. The maximum Gasteiger partial charge on any atom is 0.184 e. The second kappa shape index (κ2) is 5.66. The monoisotopic (exact) mass is 279 g/mol. The van der Waals surface area contributed by atoms with Gasteiger partial charge in [-0.05, 0) is 18.2 Å². The molecule has 2 aromatic heterocycles. The summed E-state index contributed by atoms with van der Waals surface area (Å²) < 4.78 is 0. The largest absolute Gasteiger partial charge is 0.294 e. The average molecular weight is 279 g/mol. The van der Waals surface area contributed by atoms with Crippen molar-refractivity contribution >= 4 is 22.5 Å². The lowest BCUT2D eigenvalue weighted by Crippen LogP contribution is -2.06. The highest BCUT2D eigenvalue weighted by Crippen LogP contribution is 2.17. The standard InChI is InChI=1S/C16H13N3O2/c20-14(11-4-3-9-17-10-11)7-8-15(21)16-12-5-1-2-6-13(12)18-19-16/h1-6,9-10H,7-8H2,(H,18,19). The number of Topliss-reactive ketones (excluding diaryl/α,β-unsaturated/α-hetero) is 2. The highest BCUT2D eigenvalue weighted by Gasteiger charge is 2.15. The zero-order chi connectivity index (χ0) is 14.7. The van der Waals surface area contributed by atoms with Crippen LogP contribution in [0.4, 0.5) is 0 Å². The van der Waals surface area contributed by atoms with Crippen LogP contribution in [-0.4, -0.2) is 26.7 Å². The van der Waals surface area contributed by atoms with Crippen molar-refractivity contribution in [1.82, 2.24) is 15.2 Å². The number of hydrogen-bond acceptors (Lipinski definition) is 4. The van der Waals surface area contributed by atoms with Gasteiger partial charge in [0.15, 0.2) is 11.6 Å². The van der Waals surface area contributed by atoms with Crippen molar-refractivity contribution in [2.24, 2.45) is 0 Å². The molecule has 3 aromatic rings. The van der Waals surface area contributed by atoms with Crippen LogP contribution in [0.2, 0.25) is 0 Å². The number of aromatic nitrogens is 3.